The molecule has 1 aromatic rings. The molecule has 0 aliphatic heterocycles. The Balaban J connectivity index is 2.70. The standard InChI is InChI=1S/C11H15Cl3NO2PS/c1-2-3-4-5-15-18(16,19)17-11-9(13)6-8(12)7-10(11)14/h6-7H,2-5H2,1H3,(H2,15,16,19). The van der Waals surface area contributed by atoms with Gasteiger partial charge in [0.2, 0.25) is 0 Å². The van der Waals surface area contributed by atoms with Crippen LogP contribution in [-0.2, 0) is 11.8 Å². The van der Waals surface area contributed by atoms with Crippen LogP contribution in [0.5, 0.6) is 5.75 Å². The van der Waals surface area contributed by atoms with Crippen molar-refractivity contribution >= 4 is 53.3 Å². The second-order valence-corrected chi connectivity index (χ2v) is 8.20. The highest BCUT2D eigenvalue weighted by Crippen LogP contribution is 2.45. The van der Waals surface area contributed by atoms with E-state index in [-0.39, 0.29) is 15.8 Å². The van der Waals surface area contributed by atoms with Crippen molar-refractivity contribution in [2.45, 2.75) is 26.2 Å². The second-order valence-electron chi connectivity index (χ2n) is 3.93. The number of hydrogen-bond donors (Lipinski definition) is 2. The molecule has 1 atom stereocenters. The highest BCUT2D eigenvalue weighted by molar-refractivity contribution is 8.08. The van der Waals surface area contributed by atoms with E-state index >= 15 is 0 Å². The van der Waals surface area contributed by atoms with Crippen LogP contribution in [0.15, 0.2) is 12.1 Å². The maximum atomic E-state index is 10.0. The van der Waals surface area contributed by atoms with Gasteiger partial charge in [0.1, 0.15) is 0 Å². The summed E-state index contributed by atoms with van der Waals surface area (Å²) in [4.78, 5) is 10.0. The lowest BCUT2D eigenvalue weighted by Crippen LogP contribution is -2.15. The largest absolute Gasteiger partial charge is 0.430 e. The second kappa shape index (κ2) is 8.04. The topological polar surface area (TPSA) is 41.5 Å². The first-order valence-electron chi connectivity index (χ1n) is 5.78. The maximum Gasteiger partial charge on any atom is 0.310 e. The zero-order valence-electron chi connectivity index (χ0n) is 10.3. The minimum absolute atomic E-state index is 0.154. The molecule has 0 saturated carbocycles. The fourth-order valence-electron chi connectivity index (χ4n) is 1.37. The summed E-state index contributed by atoms with van der Waals surface area (Å²) in [5, 5.41) is 3.65. The number of halogens is 3. The third kappa shape index (κ3) is 6.17. The summed E-state index contributed by atoms with van der Waals surface area (Å²) < 4.78 is 5.35. The Morgan fingerprint density at radius 3 is 2.37 bits per heavy atom. The molecule has 0 aromatic heterocycles. The van der Waals surface area contributed by atoms with Gasteiger partial charge in [-0.1, -0.05) is 54.6 Å². The van der Waals surface area contributed by atoms with Crippen molar-refractivity contribution in [3.05, 3.63) is 27.2 Å². The molecule has 1 aromatic carbocycles. The molecule has 8 heteroatoms. The molecule has 1 rings (SSSR count). The SMILES string of the molecule is CCCCCNP(O)(=S)Oc1c(Cl)cc(Cl)cc1Cl. The first kappa shape index (κ1) is 17.5. The Kier molecular flexibility index (Phi) is 7.41. The van der Waals surface area contributed by atoms with E-state index in [1.807, 2.05) is 0 Å². The van der Waals surface area contributed by atoms with Crippen molar-refractivity contribution in [3.63, 3.8) is 0 Å². The molecule has 108 valence electrons. The van der Waals surface area contributed by atoms with Crippen molar-refractivity contribution in [2.24, 2.45) is 0 Å². The fourth-order valence-corrected chi connectivity index (χ4v) is 3.82. The van der Waals surface area contributed by atoms with E-state index in [1.54, 1.807) is 0 Å². The number of rotatable bonds is 7. The van der Waals surface area contributed by atoms with Crippen LogP contribution in [-0.4, -0.2) is 11.4 Å². The van der Waals surface area contributed by atoms with Gasteiger partial charge in [0.15, 0.2) is 5.75 Å². The van der Waals surface area contributed by atoms with Crippen molar-refractivity contribution in [1.82, 2.24) is 5.09 Å². The fraction of sp³-hybridized carbons (Fsp3) is 0.455. The van der Waals surface area contributed by atoms with Crippen molar-refractivity contribution < 1.29 is 9.42 Å². The molecule has 0 amide bonds. The summed E-state index contributed by atoms with van der Waals surface area (Å²) in [6.45, 7) is -0.468. The lowest BCUT2D eigenvalue weighted by molar-refractivity contribution is 0.463. The van der Waals surface area contributed by atoms with Gasteiger partial charge in [-0.25, -0.2) is 5.09 Å². The van der Waals surface area contributed by atoms with E-state index in [0.29, 0.717) is 11.6 Å². The number of nitrogens with one attached hydrogen (secondary N) is 1. The smallest absolute Gasteiger partial charge is 0.310 e. The predicted molar refractivity (Wildman–Crippen MR) is 86.1 cm³/mol. The molecule has 2 N–H and O–H groups in total. The van der Waals surface area contributed by atoms with Crippen LogP contribution in [0, 0.1) is 0 Å². The Bertz CT molecular complexity index is 464. The maximum absolute atomic E-state index is 10.0. The van der Waals surface area contributed by atoms with Crippen molar-refractivity contribution in [3.8, 4) is 5.75 Å². The van der Waals surface area contributed by atoms with Gasteiger partial charge < -0.3 is 9.42 Å². The van der Waals surface area contributed by atoms with Gasteiger partial charge in [0, 0.05) is 11.6 Å². The molecule has 0 aliphatic carbocycles. The third-order valence-corrected chi connectivity index (χ3v) is 4.71. The summed E-state index contributed by atoms with van der Waals surface area (Å²) in [7, 11) is 0. The van der Waals surface area contributed by atoms with E-state index in [2.05, 4.69) is 12.0 Å². The number of hydrogen-bond acceptors (Lipinski definition) is 2. The van der Waals surface area contributed by atoms with E-state index in [1.165, 1.54) is 12.1 Å². The summed E-state index contributed by atoms with van der Waals surface area (Å²) in [5.74, 6) is 0.154. The van der Waals surface area contributed by atoms with E-state index in [0.717, 1.165) is 19.3 Å². The predicted octanol–water partition coefficient (Wildman–Crippen LogP) is 5.02. The Morgan fingerprint density at radius 2 is 1.84 bits per heavy atom. The molecule has 0 fully saturated rings. The van der Waals surface area contributed by atoms with Crippen LogP contribution in [0.25, 0.3) is 0 Å². The number of unbranched alkanes of at least 4 members (excludes halogenated alkanes) is 2. The van der Waals surface area contributed by atoms with Crippen molar-refractivity contribution in [1.29, 1.82) is 0 Å². The molecule has 3 nitrogen and oxygen atoms in total. The molecule has 1 unspecified atom stereocenters. The Morgan fingerprint density at radius 1 is 1.26 bits per heavy atom. The molecular weight excluding hydrogens is 348 g/mol. The van der Waals surface area contributed by atoms with Crippen LogP contribution in [0.1, 0.15) is 26.2 Å². The summed E-state index contributed by atoms with van der Waals surface area (Å²) in [5.41, 5.74) is 0. The monoisotopic (exact) mass is 361 g/mol. The van der Waals surface area contributed by atoms with Crippen LogP contribution in [0.2, 0.25) is 15.1 Å². The third-order valence-electron chi connectivity index (χ3n) is 2.27. The molecule has 0 heterocycles. The molecule has 0 aliphatic rings. The Labute approximate surface area is 133 Å². The van der Waals surface area contributed by atoms with Gasteiger partial charge in [-0.05, 0) is 30.4 Å². The van der Waals surface area contributed by atoms with Gasteiger partial charge in [0.25, 0.3) is 0 Å². The summed E-state index contributed by atoms with van der Waals surface area (Å²) in [6.07, 6.45) is 3.07. The summed E-state index contributed by atoms with van der Waals surface area (Å²) in [6, 6.07) is 2.97. The zero-order chi connectivity index (χ0) is 14.5. The molecule has 0 saturated heterocycles. The van der Waals surface area contributed by atoms with Crippen LogP contribution < -0.4 is 9.61 Å². The van der Waals surface area contributed by atoms with Gasteiger partial charge >= 0.3 is 6.64 Å². The Hall–Kier alpha value is 0.460. The average molecular weight is 363 g/mol. The number of benzene rings is 1. The van der Waals surface area contributed by atoms with Gasteiger partial charge in [-0.15, -0.1) is 0 Å². The minimum Gasteiger partial charge on any atom is -0.430 e. The van der Waals surface area contributed by atoms with E-state index in [4.69, 9.17) is 51.1 Å². The van der Waals surface area contributed by atoms with E-state index < -0.39 is 6.64 Å². The van der Waals surface area contributed by atoms with Crippen LogP contribution in [0.3, 0.4) is 0 Å². The lowest BCUT2D eigenvalue weighted by Gasteiger charge is -2.19. The highest BCUT2D eigenvalue weighted by atomic mass is 35.5. The van der Waals surface area contributed by atoms with Crippen LogP contribution in [0.4, 0.5) is 0 Å². The van der Waals surface area contributed by atoms with Crippen molar-refractivity contribution in [2.75, 3.05) is 6.54 Å². The lowest BCUT2D eigenvalue weighted by atomic mass is 10.3. The summed E-state index contributed by atoms with van der Waals surface area (Å²) >= 11 is 22.7. The zero-order valence-corrected chi connectivity index (χ0v) is 14.3. The first-order valence-corrected chi connectivity index (χ1v) is 9.58. The van der Waals surface area contributed by atoms with Gasteiger partial charge in [-0.3, -0.25) is 0 Å². The normalized spacial score (nSPS) is 14.2. The first-order chi connectivity index (χ1) is 8.85. The van der Waals surface area contributed by atoms with E-state index in [9.17, 15) is 4.89 Å². The van der Waals surface area contributed by atoms with Gasteiger partial charge in [0.05, 0.1) is 10.0 Å². The molecule has 0 radical (unpaired) electrons. The quantitative estimate of drug-likeness (QED) is 0.528. The molecule has 19 heavy (non-hydrogen) atoms. The molecular formula is C11H15Cl3NO2PS. The highest BCUT2D eigenvalue weighted by Gasteiger charge is 2.19. The molecule has 0 spiro atoms. The minimum atomic E-state index is -3.15. The average Bonchev–Trinajstić information content (AvgIpc) is 2.29. The van der Waals surface area contributed by atoms with Crippen LogP contribution >= 0.6 is 41.4 Å². The van der Waals surface area contributed by atoms with Gasteiger partial charge in [-0.2, -0.15) is 0 Å². The molecule has 0 bridgehead atoms.